The molecule has 0 saturated carbocycles. The molecular formula is C27H37N5O4. The normalized spacial score (nSPS) is 14.3. The number of nitrogens with one attached hydrogen (secondary N) is 1. The third-order valence-corrected chi connectivity index (χ3v) is 6.59. The van der Waals surface area contributed by atoms with Crippen molar-refractivity contribution in [2.45, 2.75) is 58.9 Å². The minimum Gasteiger partial charge on any atom is -0.383 e. The fourth-order valence-corrected chi connectivity index (χ4v) is 4.43. The summed E-state index contributed by atoms with van der Waals surface area (Å²) in [6, 6.07) is 9.61. The van der Waals surface area contributed by atoms with Crippen LogP contribution in [0.4, 0.5) is 11.5 Å². The van der Waals surface area contributed by atoms with Gasteiger partial charge >= 0.3 is 5.69 Å². The number of carbonyl (C=O) groups is 2. The van der Waals surface area contributed by atoms with Crippen LogP contribution in [0, 0.1) is 5.92 Å². The highest BCUT2D eigenvalue weighted by Crippen LogP contribution is 2.25. The summed E-state index contributed by atoms with van der Waals surface area (Å²) in [6.45, 7) is 5.63. The van der Waals surface area contributed by atoms with Crippen LogP contribution in [0.1, 0.15) is 57.9 Å². The van der Waals surface area contributed by atoms with E-state index in [4.69, 9.17) is 5.73 Å². The fraction of sp³-hybridized carbons (Fsp3) is 0.481. The first-order valence-electron chi connectivity index (χ1n) is 12.8. The lowest BCUT2D eigenvalue weighted by molar-refractivity contribution is -0.131. The van der Waals surface area contributed by atoms with Crippen LogP contribution < -0.4 is 21.9 Å². The number of nitrogen functional groups attached to an aromatic ring is 1. The molecule has 1 aromatic heterocycles. The van der Waals surface area contributed by atoms with E-state index in [0.29, 0.717) is 45.4 Å². The number of anilines is 2. The number of nitrogens with zero attached hydrogens (tertiary/aromatic N) is 3. The number of aromatic nitrogens is 2. The van der Waals surface area contributed by atoms with Gasteiger partial charge in [-0.25, -0.2) is 4.79 Å². The molecule has 0 radical (unpaired) electrons. The molecule has 1 aliphatic heterocycles. The average Bonchev–Trinajstić information content (AvgIpc) is 2.89. The largest absolute Gasteiger partial charge is 0.383 e. The molecule has 2 heterocycles. The Kier molecular flexibility index (Phi) is 9.67. The standard InChI is InChI=1S/C27H37N5O4/c1-3-5-16-31(23-24(28)32(17-6-4-2)27(36)29-25(23)34)26(35)21-14-18-30(19-15-21)22(33)13-12-20-10-8-7-9-11-20/h7-13,21H,3-6,14-19,28H2,1-2H3,(H,29,34,36)/b13-12+. The summed E-state index contributed by atoms with van der Waals surface area (Å²) in [4.78, 5) is 57.0. The molecule has 0 bridgehead atoms. The van der Waals surface area contributed by atoms with E-state index in [0.717, 1.165) is 24.8 Å². The summed E-state index contributed by atoms with van der Waals surface area (Å²) in [5.74, 6) is -0.580. The summed E-state index contributed by atoms with van der Waals surface area (Å²) < 4.78 is 1.34. The number of H-pyrrole nitrogens is 1. The van der Waals surface area contributed by atoms with E-state index in [1.807, 2.05) is 44.2 Å². The summed E-state index contributed by atoms with van der Waals surface area (Å²) in [7, 11) is 0. The molecule has 0 aliphatic carbocycles. The van der Waals surface area contributed by atoms with Crippen LogP contribution in [0.15, 0.2) is 46.0 Å². The molecular weight excluding hydrogens is 458 g/mol. The van der Waals surface area contributed by atoms with E-state index < -0.39 is 11.2 Å². The summed E-state index contributed by atoms with van der Waals surface area (Å²) in [5.41, 5.74) is 6.09. The molecule has 0 unspecified atom stereocenters. The van der Waals surface area contributed by atoms with Crippen LogP contribution in [0.3, 0.4) is 0 Å². The van der Waals surface area contributed by atoms with Crippen molar-refractivity contribution >= 4 is 29.4 Å². The number of aromatic amines is 1. The molecule has 9 heteroatoms. The lowest BCUT2D eigenvalue weighted by atomic mass is 9.94. The van der Waals surface area contributed by atoms with Crippen LogP contribution in [0.25, 0.3) is 6.08 Å². The third-order valence-electron chi connectivity index (χ3n) is 6.59. The van der Waals surface area contributed by atoms with Crippen molar-refractivity contribution in [1.29, 1.82) is 0 Å². The van der Waals surface area contributed by atoms with E-state index in [2.05, 4.69) is 4.98 Å². The summed E-state index contributed by atoms with van der Waals surface area (Å²) >= 11 is 0. The molecule has 36 heavy (non-hydrogen) atoms. The van der Waals surface area contributed by atoms with Crippen molar-refractivity contribution in [2.75, 3.05) is 30.3 Å². The first-order chi connectivity index (χ1) is 17.4. The number of piperidine rings is 1. The molecule has 2 aromatic rings. The zero-order chi connectivity index (χ0) is 26.1. The Morgan fingerprint density at radius 3 is 2.39 bits per heavy atom. The van der Waals surface area contributed by atoms with Gasteiger partial charge in [0.2, 0.25) is 11.8 Å². The molecule has 2 amide bonds. The number of amides is 2. The Bertz CT molecular complexity index is 1180. The summed E-state index contributed by atoms with van der Waals surface area (Å²) in [5, 5.41) is 0. The Morgan fingerprint density at radius 2 is 1.75 bits per heavy atom. The number of benzene rings is 1. The van der Waals surface area contributed by atoms with E-state index in [9.17, 15) is 19.2 Å². The third kappa shape index (κ3) is 6.53. The number of carbonyl (C=O) groups excluding carboxylic acids is 2. The van der Waals surface area contributed by atoms with Gasteiger partial charge in [0, 0.05) is 38.2 Å². The van der Waals surface area contributed by atoms with Crippen LogP contribution >= 0.6 is 0 Å². The second-order valence-electron chi connectivity index (χ2n) is 9.19. The Labute approximate surface area is 211 Å². The molecule has 0 atom stereocenters. The van der Waals surface area contributed by atoms with Crippen molar-refractivity contribution in [3.63, 3.8) is 0 Å². The zero-order valence-corrected chi connectivity index (χ0v) is 21.2. The number of likely N-dealkylation sites (tertiary alicyclic amines) is 1. The lowest BCUT2D eigenvalue weighted by Crippen LogP contribution is -2.47. The van der Waals surface area contributed by atoms with Gasteiger partial charge in [0.1, 0.15) is 5.82 Å². The molecule has 1 fully saturated rings. The molecule has 0 spiro atoms. The monoisotopic (exact) mass is 495 g/mol. The highest BCUT2D eigenvalue weighted by Gasteiger charge is 2.32. The van der Waals surface area contributed by atoms with Gasteiger partial charge in [0.25, 0.3) is 5.56 Å². The minimum absolute atomic E-state index is 0.0281. The zero-order valence-electron chi connectivity index (χ0n) is 21.2. The second kappa shape index (κ2) is 12.9. The minimum atomic E-state index is -0.645. The van der Waals surface area contributed by atoms with Gasteiger partial charge < -0.3 is 15.5 Å². The first-order valence-corrected chi connectivity index (χ1v) is 12.8. The average molecular weight is 496 g/mol. The van der Waals surface area contributed by atoms with Crippen LogP contribution in [-0.4, -0.2) is 45.9 Å². The van der Waals surface area contributed by atoms with Gasteiger partial charge in [-0.3, -0.25) is 23.9 Å². The molecule has 1 saturated heterocycles. The lowest BCUT2D eigenvalue weighted by Gasteiger charge is -2.34. The second-order valence-corrected chi connectivity index (χ2v) is 9.19. The Morgan fingerprint density at radius 1 is 1.08 bits per heavy atom. The predicted molar refractivity (Wildman–Crippen MR) is 143 cm³/mol. The maximum atomic E-state index is 13.6. The Hall–Kier alpha value is -3.62. The van der Waals surface area contributed by atoms with Crippen LogP contribution in [0.2, 0.25) is 0 Å². The maximum Gasteiger partial charge on any atom is 0.330 e. The molecule has 1 aromatic carbocycles. The highest BCUT2D eigenvalue weighted by molar-refractivity contribution is 5.97. The number of hydrogen-bond acceptors (Lipinski definition) is 5. The van der Waals surface area contributed by atoms with Crippen molar-refractivity contribution < 1.29 is 9.59 Å². The van der Waals surface area contributed by atoms with Gasteiger partial charge in [-0.15, -0.1) is 0 Å². The number of unbranched alkanes of at least 4 members (excludes halogenated alkanes) is 2. The van der Waals surface area contributed by atoms with E-state index in [1.165, 1.54) is 9.47 Å². The molecule has 1 aliphatic rings. The van der Waals surface area contributed by atoms with Gasteiger partial charge in [0.05, 0.1) is 0 Å². The van der Waals surface area contributed by atoms with Crippen molar-refractivity contribution in [2.24, 2.45) is 5.92 Å². The van der Waals surface area contributed by atoms with Crippen LogP contribution in [0.5, 0.6) is 0 Å². The topological polar surface area (TPSA) is 121 Å². The quantitative estimate of drug-likeness (QED) is 0.491. The van der Waals surface area contributed by atoms with Gasteiger partial charge in [-0.1, -0.05) is 57.0 Å². The molecule has 3 rings (SSSR count). The fourth-order valence-electron chi connectivity index (χ4n) is 4.43. The molecule has 3 N–H and O–H groups in total. The number of hydrogen-bond donors (Lipinski definition) is 2. The maximum absolute atomic E-state index is 13.6. The first kappa shape index (κ1) is 27.0. The van der Waals surface area contributed by atoms with E-state index in [-0.39, 0.29) is 29.2 Å². The van der Waals surface area contributed by atoms with Crippen molar-refractivity contribution in [3.05, 3.63) is 62.8 Å². The SMILES string of the molecule is CCCCN(C(=O)C1CCN(C(=O)/C=C/c2ccccc2)CC1)c1c(N)n(CCCC)c(=O)[nH]c1=O. The smallest absolute Gasteiger partial charge is 0.330 e. The molecule has 194 valence electrons. The number of rotatable bonds is 10. The van der Waals surface area contributed by atoms with Gasteiger partial charge in [0.15, 0.2) is 5.69 Å². The predicted octanol–water partition coefficient (Wildman–Crippen LogP) is 3.00. The molecule has 9 nitrogen and oxygen atoms in total. The van der Waals surface area contributed by atoms with E-state index in [1.54, 1.807) is 17.1 Å². The van der Waals surface area contributed by atoms with Crippen molar-refractivity contribution in [1.82, 2.24) is 14.5 Å². The van der Waals surface area contributed by atoms with Gasteiger partial charge in [-0.2, -0.15) is 0 Å². The summed E-state index contributed by atoms with van der Waals surface area (Å²) in [6.07, 6.45) is 7.46. The van der Waals surface area contributed by atoms with Crippen LogP contribution in [-0.2, 0) is 16.1 Å². The number of nitrogens with two attached hydrogens (primary N) is 1. The van der Waals surface area contributed by atoms with E-state index >= 15 is 0 Å². The Balaban J connectivity index is 1.75. The highest BCUT2D eigenvalue weighted by atomic mass is 16.2. The van der Waals surface area contributed by atoms with Crippen molar-refractivity contribution in [3.8, 4) is 0 Å². The van der Waals surface area contributed by atoms with Gasteiger partial charge in [-0.05, 0) is 37.3 Å².